The first-order valence-corrected chi connectivity index (χ1v) is 8.49. The maximum Gasteiger partial charge on any atom is 0.261 e. The van der Waals surface area contributed by atoms with Crippen LogP contribution in [0, 0.1) is 0 Å². The van der Waals surface area contributed by atoms with Crippen molar-refractivity contribution in [2.24, 2.45) is 0 Å². The van der Waals surface area contributed by atoms with Gasteiger partial charge in [0.15, 0.2) is 0 Å². The molecule has 2 aliphatic heterocycles. The number of anilines is 1. The summed E-state index contributed by atoms with van der Waals surface area (Å²) < 4.78 is 13.3. The zero-order chi connectivity index (χ0) is 14.8. The maximum absolute atomic E-state index is 13.3. The molecule has 1 aromatic heterocycles. The van der Waals surface area contributed by atoms with Gasteiger partial charge in [0.1, 0.15) is 6.17 Å². The zero-order valence-corrected chi connectivity index (χ0v) is 13.2. The zero-order valence-electron chi connectivity index (χ0n) is 12.3. The SMILES string of the molecule is CNC(=O)c1cc(N2CCC(N3CCC(F)C3)CC2)cs1. The molecule has 0 saturated carbocycles. The highest BCUT2D eigenvalue weighted by molar-refractivity contribution is 7.12. The van der Waals surface area contributed by atoms with E-state index in [9.17, 15) is 9.18 Å². The molecule has 21 heavy (non-hydrogen) atoms. The first-order valence-electron chi connectivity index (χ1n) is 7.61. The third kappa shape index (κ3) is 3.21. The molecule has 1 unspecified atom stereocenters. The molecule has 3 heterocycles. The van der Waals surface area contributed by atoms with Gasteiger partial charge in [-0.05, 0) is 25.3 Å². The summed E-state index contributed by atoms with van der Waals surface area (Å²) >= 11 is 1.49. The molecule has 2 aliphatic rings. The molecule has 116 valence electrons. The van der Waals surface area contributed by atoms with E-state index in [0.717, 1.165) is 43.0 Å². The minimum atomic E-state index is -0.630. The largest absolute Gasteiger partial charge is 0.371 e. The molecular weight excluding hydrogens is 289 g/mol. The van der Waals surface area contributed by atoms with Crippen molar-refractivity contribution in [3.63, 3.8) is 0 Å². The number of halogens is 1. The number of amides is 1. The molecule has 1 N–H and O–H groups in total. The van der Waals surface area contributed by atoms with Crippen molar-refractivity contribution in [3.05, 3.63) is 16.3 Å². The molecule has 0 aliphatic carbocycles. The number of thiophene rings is 1. The predicted octanol–water partition coefficient (Wildman–Crippen LogP) is 2.12. The lowest BCUT2D eigenvalue weighted by Crippen LogP contribution is -2.44. The normalized spacial score (nSPS) is 24.5. The van der Waals surface area contributed by atoms with Gasteiger partial charge in [-0.1, -0.05) is 0 Å². The maximum atomic E-state index is 13.3. The van der Waals surface area contributed by atoms with Gasteiger partial charge in [-0.3, -0.25) is 9.69 Å². The second-order valence-electron chi connectivity index (χ2n) is 5.85. The molecule has 3 rings (SSSR count). The molecule has 1 atom stereocenters. The number of alkyl halides is 1. The monoisotopic (exact) mass is 311 g/mol. The Morgan fingerprint density at radius 1 is 1.33 bits per heavy atom. The van der Waals surface area contributed by atoms with Crippen LogP contribution in [0.3, 0.4) is 0 Å². The second kappa shape index (κ2) is 6.32. The minimum Gasteiger partial charge on any atom is -0.371 e. The summed E-state index contributed by atoms with van der Waals surface area (Å²) in [6.45, 7) is 3.50. The number of hydrogen-bond acceptors (Lipinski definition) is 4. The smallest absolute Gasteiger partial charge is 0.261 e. The van der Waals surface area contributed by atoms with Gasteiger partial charge in [-0.15, -0.1) is 11.3 Å². The Labute approximate surface area is 128 Å². The van der Waals surface area contributed by atoms with Gasteiger partial charge in [0, 0.05) is 50.3 Å². The van der Waals surface area contributed by atoms with E-state index >= 15 is 0 Å². The Hall–Kier alpha value is -1.14. The van der Waals surface area contributed by atoms with Crippen LogP contribution >= 0.6 is 11.3 Å². The fraction of sp³-hybridized carbons (Fsp3) is 0.667. The molecule has 2 fully saturated rings. The van der Waals surface area contributed by atoms with Gasteiger partial charge in [0.05, 0.1) is 4.88 Å². The third-order valence-corrected chi connectivity index (χ3v) is 5.46. The summed E-state index contributed by atoms with van der Waals surface area (Å²) in [5.74, 6) is -0.0211. The first kappa shape index (κ1) is 14.8. The molecule has 0 bridgehead atoms. The number of likely N-dealkylation sites (tertiary alicyclic amines) is 1. The van der Waals surface area contributed by atoms with Crippen molar-refractivity contribution in [3.8, 4) is 0 Å². The highest BCUT2D eigenvalue weighted by Gasteiger charge is 2.30. The van der Waals surface area contributed by atoms with Crippen LogP contribution in [0.2, 0.25) is 0 Å². The summed E-state index contributed by atoms with van der Waals surface area (Å²) in [5.41, 5.74) is 1.14. The summed E-state index contributed by atoms with van der Waals surface area (Å²) in [7, 11) is 1.65. The highest BCUT2D eigenvalue weighted by Crippen LogP contribution is 2.28. The average molecular weight is 311 g/mol. The van der Waals surface area contributed by atoms with E-state index in [2.05, 4.69) is 20.5 Å². The number of carbonyl (C=O) groups excluding carboxylic acids is 1. The van der Waals surface area contributed by atoms with Crippen LogP contribution in [0.1, 0.15) is 28.9 Å². The van der Waals surface area contributed by atoms with Crippen molar-refractivity contribution >= 4 is 22.9 Å². The fourth-order valence-electron chi connectivity index (χ4n) is 3.30. The Morgan fingerprint density at radius 3 is 2.71 bits per heavy atom. The van der Waals surface area contributed by atoms with E-state index in [1.54, 1.807) is 7.05 Å². The number of rotatable bonds is 3. The molecule has 0 aromatic carbocycles. The van der Waals surface area contributed by atoms with Crippen molar-refractivity contribution in [2.45, 2.75) is 31.5 Å². The lowest BCUT2D eigenvalue weighted by Gasteiger charge is -2.37. The van der Waals surface area contributed by atoms with Gasteiger partial charge < -0.3 is 10.2 Å². The van der Waals surface area contributed by atoms with Crippen LogP contribution in [0.25, 0.3) is 0 Å². The minimum absolute atomic E-state index is 0.0211. The lowest BCUT2D eigenvalue weighted by atomic mass is 10.0. The van der Waals surface area contributed by atoms with Gasteiger partial charge in [0.25, 0.3) is 5.91 Å². The lowest BCUT2D eigenvalue weighted by molar-refractivity contribution is 0.0967. The van der Waals surface area contributed by atoms with Gasteiger partial charge in [-0.2, -0.15) is 0 Å². The van der Waals surface area contributed by atoms with E-state index in [0.29, 0.717) is 19.0 Å². The van der Waals surface area contributed by atoms with E-state index < -0.39 is 6.17 Å². The van der Waals surface area contributed by atoms with Crippen LogP contribution in [-0.4, -0.2) is 56.2 Å². The summed E-state index contributed by atoms with van der Waals surface area (Å²) in [5, 5.41) is 4.71. The standard InChI is InChI=1S/C15H22FN3OS/c1-17-15(20)14-8-13(10-21-14)18-6-3-12(4-7-18)19-5-2-11(16)9-19/h8,10-12H,2-7,9H2,1H3,(H,17,20). The second-order valence-corrected chi connectivity index (χ2v) is 6.76. The van der Waals surface area contributed by atoms with Gasteiger partial charge in [0.2, 0.25) is 0 Å². The highest BCUT2D eigenvalue weighted by atomic mass is 32.1. The topological polar surface area (TPSA) is 35.6 Å². The predicted molar refractivity (Wildman–Crippen MR) is 84.0 cm³/mol. The first-order chi connectivity index (χ1) is 10.2. The molecule has 1 amide bonds. The summed E-state index contributed by atoms with van der Waals surface area (Å²) in [6, 6.07) is 2.50. The van der Waals surface area contributed by atoms with Crippen molar-refractivity contribution in [2.75, 3.05) is 38.1 Å². The fourth-order valence-corrected chi connectivity index (χ4v) is 4.16. The number of nitrogens with zero attached hydrogens (tertiary/aromatic N) is 2. The molecule has 1 aromatic rings. The molecule has 2 saturated heterocycles. The number of hydrogen-bond donors (Lipinski definition) is 1. The van der Waals surface area contributed by atoms with Crippen LogP contribution in [-0.2, 0) is 0 Å². The molecule has 0 spiro atoms. The number of piperidine rings is 1. The van der Waals surface area contributed by atoms with Gasteiger partial charge in [-0.25, -0.2) is 4.39 Å². The summed E-state index contributed by atoms with van der Waals surface area (Å²) in [4.78, 5) is 17.0. The van der Waals surface area contributed by atoms with Crippen LogP contribution in [0.5, 0.6) is 0 Å². The van der Waals surface area contributed by atoms with Gasteiger partial charge >= 0.3 is 0 Å². The summed E-state index contributed by atoms with van der Waals surface area (Å²) in [6.07, 6.45) is 2.23. The molecule has 4 nitrogen and oxygen atoms in total. The van der Waals surface area contributed by atoms with E-state index in [1.165, 1.54) is 11.3 Å². The molecular formula is C15H22FN3OS. The van der Waals surface area contributed by atoms with Crippen molar-refractivity contribution in [1.82, 2.24) is 10.2 Å². The van der Waals surface area contributed by atoms with Crippen LogP contribution in [0.4, 0.5) is 10.1 Å². The Kier molecular flexibility index (Phi) is 4.45. The average Bonchev–Trinajstić information content (AvgIpc) is 3.16. The van der Waals surface area contributed by atoms with Crippen molar-refractivity contribution in [1.29, 1.82) is 0 Å². The Balaban J connectivity index is 1.56. The quantitative estimate of drug-likeness (QED) is 0.929. The van der Waals surface area contributed by atoms with Crippen LogP contribution < -0.4 is 10.2 Å². The molecule has 6 heteroatoms. The van der Waals surface area contributed by atoms with E-state index in [1.807, 2.05) is 6.07 Å². The van der Waals surface area contributed by atoms with Crippen molar-refractivity contribution < 1.29 is 9.18 Å². The Morgan fingerprint density at radius 2 is 2.10 bits per heavy atom. The van der Waals surface area contributed by atoms with Crippen LogP contribution in [0.15, 0.2) is 11.4 Å². The van der Waals surface area contributed by atoms with E-state index in [4.69, 9.17) is 0 Å². The van der Waals surface area contributed by atoms with E-state index in [-0.39, 0.29) is 5.91 Å². The number of nitrogens with one attached hydrogen (secondary N) is 1. The molecule has 0 radical (unpaired) electrons. The Bertz CT molecular complexity index is 499. The number of carbonyl (C=O) groups is 1. The third-order valence-electron chi connectivity index (χ3n) is 4.54.